The molecule has 1 aromatic rings. The van der Waals surface area contributed by atoms with Gasteiger partial charge in [-0.2, -0.15) is 0 Å². The van der Waals surface area contributed by atoms with Crippen molar-refractivity contribution < 1.29 is 14.3 Å². The molecule has 0 N–H and O–H groups in total. The Hall–Kier alpha value is -1.65. The lowest BCUT2D eigenvalue weighted by Gasteiger charge is -2.70. The minimum Gasteiger partial charge on any atom is -0.486 e. The zero-order chi connectivity index (χ0) is 18.8. The van der Waals surface area contributed by atoms with Crippen LogP contribution in [0.25, 0.3) is 0 Å². The van der Waals surface area contributed by atoms with Crippen LogP contribution in [0.2, 0.25) is 0 Å². The molecule has 0 radical (unpaired) electrons. The number of piperidine rings is 1. The summed E-state index contributed by atoms with van der Waals surface area (Å²) in [6.07, 6.45) is 7.47. The first-order valence-electron chi connectivity index (χ1n) is 10.2. The van der Waals surface area contributed by atoms with E-state index in [0.29, 0.717) is 6.04 Å². The fourth-order valence-corrected chi connectivity index (χ4v) is 7.72. The topological polar surface area (TPSA) is 38.8 Å². The van der Waals surface area contributed by atoms with Gasteiger partial charge < -0.3 is 14.4 Å². The molecule has 0 aromatic heterocycles. The first-order chi connectivity index (χ1) is 12.9. The molecule has 4 nitrogen and oxygen atoms in total. The highest BCUT2D eigenvalue weighted by Gasteiger charge is 2.79. The number of carbonyl (C=O) groups excluding carboxylic acids is 1. The molecule has 2 fully saturated rings. The van der Waals surface area contributed by atoms with E-state index < -0.39 is 5.60 Å². The summed E-state index contributed by atoms with van der Waals surface area (Å²) in [5.41, 5.74) is 3.35. The van der Waals surface area contributed by atoms with E-state index in [0.717, 1.165) is 31.6 Å². The van der Waals surface area contributed by atoms with E-state index in [4.69, 9.17) is 9.47 Å². The highest BCUT2D eigenvalue weighted by atomic mass is 16.6. The van der Waals surface area contributed by atoms with Gasteiger partial charge in [0, 0.05) is 24.1 Å². The first-order valence-corrected chi connectivity index (χ1v) is 10.2. The van der Waals surface area contributed by atoms with Crippen molar-refractivity contribution in [3.8, 4) is 5.75 Å². The van der Waals surface area contributed by atoms with E-state index in [1.807, 2.05) is 0 Å². The lowest BCUT2D eigenvalue weighted by atomic mass is 9.37. The lowest BCUT2D eigenvalue weighted by Crippen LogP contribution is -2.79. The van der Waals surface area contributed by atoms with E-state index in [1.165, 1.54) is 16.7 Å². The zero-order valence-corrected chi connectivity index (χ0v) is 16.5. The summed E-state index contributed by atoms with van der Waals surface area (Å²) < 4.78 is 12.9. The van der Waals surface area contributed by atoms with Crippen LogP contribution in [-0.2, 0) is 21.4 Å². The van der Waals surface area contributed by atoms with Gasteiger partial charge in [-0.05, 0) is 63.9 Å². The molecule has 4 aliphatic carbocycles. The molecule has 142 valence electrons. The molecule has 6 atom stereocenters. The van der Waals surface area contributed by atoms with Gasteiger partial charge in [-0.3, -0.25) is 4.79 Å². The van der Waals surface area contributed by atoms with Gasteiger partial charge in [-0.1, -0.05) is 18.2 Å². The van der Waals surface area contributed by atoms with Crippen molar-refractivity contribution in [3.63, 3.8) is 0 Å². The van der Waals surface area contributed by atoms with Crippen molar-refractivity contribution in [2.75, 3.05) is 20.7 Å². The summed E-state index contributed by atoms with van der Waals surface area (Å²) in [6, 6.07) is 4.97. The molecule has 7 rings (SSSR count). The van der Waals surface area contributed by atoms with Crippen LogP contribution in [0, 0.1) is 18.3 Å². The Bertz CT molecular complexity index is 922. The minimum atomic E-state index is -0.657. The Morgan fingerprint density at radius 1 is 1.33 bits per heavy atom. The third-order valence-electron chi connectivity index (χ3n) is 8.68. The summed E-state index contributed by atoms with van der Waals surface area (Å²) >= 11 is 0. The number of likely N-dealkylation sites (tertiary alicyclic amines) is 1. The number of methoxy groups -OCH3 is 1. The van der Waals surface area contributed by atoms with E-state index in [9.17, 15) is 4.79 Å². The molecule has 27 heavy (non-hydrogen) atoms. The Labute approximate surface area is 160 Å². The number of rotatable bonds is 2. The first kappa shape index (κ1) is 16.3. The molecule has 4 bridgehead atoms. The maximum absolute atomic E-state index is 12.8. The maximum atomic E-state index is 12.8. The molecule has 0 amide bonds. The Morgan fingerprint density at radius 3 is 2.89 bits per heavy atom. The van der Waals surface area contributed by atoms with Crippen molar-refractivity contribution >= 4 is 5.78 Å². The van der Waals surface area contributed by atoms with E-state index in [2.05, 4.69) is 43.2 Å². The summed E-state index contributed by atoms with van der Waals surface area (Å²) in [5, 5.41) is 0. The molecular formula is C23H27NO3. The van der Waals surface area contributed by atoms with Gasteiger partial charge in [0.05, 0.1) is 11.3 Å². The van der Waals surface area contributed by atoms with Crippen molar-refractivity contribution in [1.82, 2.24) is 4.90 Å². The van der Waals surface area contributed by atoms with Gasteiger partial charge >= 0.3 is 0 Å². The number of fused-ring (bicyclic) bond motifs is 1. The van der Waals surface area contributed by atoms with Crippen LogP contribution in [0.5, 0.6) is 5.75 Å². The van der Waals surface area contributed by atoms with Gasteiger partial charge in [-0.15, -0.1) is 0 Å². The predicted molar refractivity (Wildman–Crippen MR) is 102 cm³/mol. The Morgan fingerprint density at radius 2 is 2.15 bits per heavy atom. The number of hydrogen-bond acceptors (Lipinski definition) is 4. The molecule has 4 heteroatoms. The number of benzene rings is 1. The van der Waals surface area contributed by atoms with E-state index >= 15 is 0 Å². The van der Waals surface area contributed by atoms with Crippen LogP contribution in [0.1, 0.15) is 36.5 Å². The summed E-state index contributed by atoms with van der Waals surface area (Å²) in [7, 11) is 4.01. The number of nitrogens with zero attached hydrogens (tertiary/aromatic N) is 1. The van der Waals surface area contributed by atoms with Crippen LogP contribution in [-0.4, -0.2) is 49.1 Å². The molecule has 0 unspecified atom stereocenters. The summed E-state index contributed by atoms with van der Waals surface area (Å²) in [6.45, 7) is 4.95. The highest BCUT2D eigenvalue weighted by molar-refractivity contribution is 5.82. The predicted octanol–water partition coefficient (Wildman–Crippen LogP) is 2.80. The quantitative estimate of drug-likeness (QED) is 0.756. The van der Waals surface area contributed by atoms with E-state index in [1.54, 1.807) is 14.0 Å². The molecule has 2 heterocycles. The van der Waals surface area contributed by atoms with Crippen molar-refractivity contribution in [3.05, 3.63) is 41.0 Å². The van der Waals surface area contributed by atoms with Crippen LogP contribution in [0.3, 0.4) is 0 Å². The third kappa shape index (κ3) is 1.49. The van der Waals surface area contributed by atoms with Gasteiger partial charge in [0.15, 0.2) is 0 Å². The normalized spacial score (nSPS) is 45.6. The van der Waals surface area contributed by atoms with Crippen LogP contribution < -0.4 is 4.74 Å². The number of hydrogen-bond donors (Lipinski definition) is 0. The number of aryl methyl sites for hydroxylation is 1. The average molecular weight is 365 g/mol. The molecule has 1 saturated carbocycles. The maximum Gasteiger partial charge on any atom is 0.143 e. The fraction of sp³-hybridized carbons (Fsp3) is 0.609. The molecule has 1 aromatic carbocycles. The molecule has 6 aliphatic rings. The monoisotopic (exact) mass is 365 g/mol. The second kappa shape index (κ2) is 4.66. The van der Waals surface area contributed by atoms with E-state index in [-0.39, 0.29) is 28.6 Å². The lowest BCUT2D eigenvalue weighted by molar-refractivity contribution is -0.212. The van der Waals surface area contributed by atoms with Gasteiger partial charge in [0.1, 0.15) is 23.2 Å². The van der Waals surface area contributed by atoms with Crippen LogP contribution in [0.4, 0.5) is 0 Å². The second-order valence-corrected chi connectivity index (χ2v) is 9.52. The zero-order valence-electron chi connectivity index (χ0n) is 16.5. The molecule has 1 saturated heterocycles. The molecular weight excluding hydrogens is 338 g/mol. The average Bonchev–Trinajstić information content (AvgIpc) is 2.99. The molecule has 2 spiro atoms. The number of Topliss-reactive ketones (excluding diaryl/α,β-unsaturated/α-hetero) is 1. The van der Waals surface area contributed by atoms with Gasteiger partial charge in [0.25, 0.3) is 0 Å². The minimum absolute atomic E-state index is 0.0468. The van der Waals surface area contributed by atoms with Crippen LogP contribution >= 0.6 is 0 Å². The number of carbonyl (C=O) groups is 1. The van der Waals surface area contributed by atoms with Gasteiger partial charge in [-0.25, -0.2) is 0 Å². The Kier molecular flexibility index (Phi) is 2.82. The standard InChI is InChI=1S/C23H27NO3/c1-13-9-15-11-18-21-5-6-23(26-4,16(12-21)14(2)25)20-22(21,7-8-24(18)3)19(15)17(10-13)27-20/h5-6,9-10,16,18,20H,7-8,11-12H2,1-4H3/t16-,18-,20-,21-,22+,23-/m1/s1. The third-order valence-corrected chi connectivity index (χ3v) is 8.68. The van der Waals surface area contributed by atoms with Crippen molar-refractivity contribution in [2.45, 2.75) is 56.3 Å². The number of ether oxygens (including phenoxy) is 2. The highest BCUT2D eigenvalue weighted by Crippen LogP contribution is 2.73. The SMILES string of the molecule is CO[C@]12C=C[C@@]3(C[C@@H]1C(C)=O)[C@H]1Cc4cc(C)cc5c4[C@@]3(CCN1C)[C@H]2O5. The molecule has 2 aliphatic heterocycles. The fourth-order valence-electron chi connectivity index (χ4n) is 7.72. The number of ketones is 1. The largest absolute Gasteiger partial charge is 0.486 e. The summed E-state index contributed by atoms with van der Waals surface area (Å²) in [4.78, 5) is 15.3. The summed E-state index contributed by atoms with van der Waals surface area (Å²) in [5.74, 6) is 1.12. The van der Waals surface area contributed by atoms with Crippen molar-refractivity contribution in [2.24, 2.45) is 11.3 Å². The van der Waals surface area contributed by atoms with Crippen molar-refractivity contribution in [1.29, 1.82) is 0 Å². The van der Waals surface area contributed by atoms with Gasteiger partial charge in [0.2, 0.25) is 0 Å². The Balaban J connectivity index is 1.72. The number of likely N-dealkylation sites (N-methyl/N-ethyl adjacent to an activating group) is 1. The van der Waals surface area contributed by atoms with Crippen LogP contribution in [0.15, 0.2) is 24.3 Å². The second-order valence-electron chi connectivity index (χ2n) is 9.52. The smallest absolute Gasteiger partial charge is 0.143 e.